The summed E-state index contributed by atoms with van der Waals surface area (Å²) >= 11 is 1.59. The summed E-state index contributed by atoms with van der Waals surface area (Å²) in [5, 5.41) is 9.36. The molecule has 0 aliphatic carbocycles. The molecule has 5 aromatic rings. The number of thiophene rings is 1. The Hall–Kier alpha value is -3.76. The van der Waals surface area contributed by atoms with Crippen molar-refractivity contribution in [1.29, 1.82) is 0 Å². The summed E-state index contributed by atoms with van der Waals surface area (Å²) in [5.74, 6) is 1.74. The van der Waals surface area contributed by atoms with Crippen molar-refractivity contribution in [2.45, 2.75) is 4.90 Å². The lowest BCUT2D eigenvalue weighted by atomic mass is 10.1. The van der Waals surface area contributed by atoms with E-state index < -0.39 is 9.84 Å². The zero-order chi connectivity index (χ0) is 22.6. The van der Waals surface area contributed by atoms with Crippen LogP contribution in [-0.4, -0.2) is 41.2 Å². The van der Waals surface area contributed by atoms with Crippen molar-refractivity contribution in [3.63, 3.8) is 0 Å². The summed E-state index contributed by atoms with van der Waals surface area (Å²) in [6, 6.07) is 12.5. The second-order valence-electron chi connectivity index (χ2n) is 7.58. The van der Waals surface area contributed by atoms with Crippen LogP contribution in [0.2, 0.25) is 0 Å². The van der Waals surface area contributed by atoms with Gasteiger partial charge in [-0.1, -0.05) is 12.1 Å². The van der Waals surface area contributed by atoms with Gasteiger partial charge in [0, 0.05) is 40.4 Å². The van der Waals surface area contributed by atoms with Crippen LogP contribution in [0.25, 0.3) is 39.2 Å². The lowest BCUT2D eigenvalue weighted by Gasteiger charge is -2.09. The molecule has 8 nitrogen and oxygen atoms in total. The average molecular weight is 477 g/mol. The summed E-state index contributed by atoms with van der Waals surface area (Å²) in [5.41, 5.74) is 4.15. The SMILES string of the molecule is CS(=O)(=O)c1ccc(-c2cnn(-c3nc(-c4ccsc4)c4cc5c(cc4n3)OCO5)c2)cc1. The third kappa shape index (κ3) is 3.53. The van der Waals surface area contributed by atoms with E-state index in [-0.39, 0.29) is 11.7 Å². The first-order chi connectivity index (χ1) is 16.0. The fraction of sp³-hybridized carbons (Fsp3) is 0.0870. The molecule has 0 amide bonds. The molecule has 0 atom stereocenters. The molecule has 2 aromatic carbocycles. The number of hydrogen-bond acceptors (Lipinski definition) is 8. The summed E-state index contributed by atoms with van der Waals surface area (Å²) in [7, 11) is -3.25. The topological polar surface area (TPSA) is 96.2 Å². The minimum atomic E-state index is -3.25. The number of hydrogen-bond donors (Lipinski definition) is 0. The van der Waals surface area contributed by atoms with Crippen LogP contribution in [-0.2, 0) is 9.84 Å². The molecule has 0 bridgehead atoms. The van der Waals surface area contributed by atoms with Crippen molar-refractivity contribution in [3.8, 4) is 39.8 Å². The lowest BCUT2D eigenvalue weighted by molar-refractivity contribution is 0.174. The van der Waals surface area contributed by atoms with Crippen molar-refractivity contribution in [1.82, 2.24) is 19.7 Å². The van der Waals surface area contributed by atoms with Crippen molar-refractivity contribution < 1.29 is 17.9 Å². The predicted octanol–water partition coefficient (Wildman–Crippen LogP) is 4.34. The van der Waals surface area contributed by atoms with Gasteiger partial charge in [-0.2, -0.15) is 16.4 Å². The predicted molar refractivity (Wildman–Crippen MR) is 125 cm³/mol. The standard InChI is InChI=1S/C23H16N4O4S2/c1-33(28,29)17-4-2-14(3-5-17)16-10-24-27(11-16)23-25-19-9-21-20(30-13-31-21)8-18(19)22(26-23)15-6-7-32-12-15/h2-12H,13H2,1H3. The fourth-order valence-corrected chi connectivity index (χ4v) is 4.97. The zero-order valence-corrected chi connectivity index (χ0v) is 18.9. The maximum absolute atomic E-state index is 11.7. The van der Waals surface area contributed by atoms with Gasteiger partial charge < -0.3 is 9.47 Å². The highest BCUT2D eigenvalue weighted by Gasteiger charge is 2.20. The zero-order valence-electron chi connectivity index (χ0n) is 17.3. The van der Waals surface area contributed by atoms with Crippen LogP contribution < -0.4 is 9.47 Å². The molecule has 1 aliphatic heterocycles. The van der Waals surface area contributed by atoms with Gasteiger partial charge in [-0.15, -0.1) is 0 Å². The molecule has 0 saturated heterocycles. The number of aromatic nitrogens is 4. The molecule has 0 unspecified atom stereocenters. The van der Waals surface area contributed by atoms with E-state index in [1.54, 1.807) is 46.5 Å². The minimum Gasteiger partial charge on any atom is -0.454 e. The monoisotopic (exact) mass is 476 g/mol. The second kappa shape index (κ2) is 7.39. The van der Waals surface area contributed by atoms with Crippen LogP contribution in [0.1, 0.15) is 0 Å². The molecule has 0 saturated carbocycles. The quantitative estimate of drug-likeness (QED) is 0.381. The summed E-state index contributed by atoms with van der Waals surface area (Å²) < 4.78 is 36.1. The van der Waals surface area contributed by atoms with Crippen molar-refractivity contribution in [2.75, 3.05) is 13.0 Å². The van der Waals surface area contributed by atoms with Gasteiger partial charge in [0.1, 0.15) is 0 Å². The summed E-state index contributed by atoms with van der Waals surface area (Å²) in [6.45, 7) is 0.181. The highest BCUT2D eigenvalue weighted by molar-refractivity contribution is 7.90. The molecule has 33 heavy (non-hydrogen) atoms. The van der Waals surface area contributed by atoms with Gasteiger partial charge in [-0.3, -0.25) is 0 Å². The van der Waals surface area contributed by atoms with Gasteiger partial charge in [0.15, 0.2) is 21.3 Å². The van der Waals surface area contributed by atoms with E-state index in [9.17, 15) is 8.42 Å². The number of rotatable bonds is 4. The van der Waals surface area contributed by atoms with Crippen molar-refractivity contribution in [3.05, 3.63) is 65.6 Å². The van der Waals surface area contributed by atoms with E-state index in [0.717, 1.165) is 33.3 Å². The van der Waals surface area contributed by atoms with Gasteiger partial charge in [-0.25, -0.2) is 23.1 Å². The first-order valence-electron chi connectivity index (χ1n) is 9.95. The largest absolute Gasteiger partial charge is 0.454 e. The van der Waals surface area contributed by atoms with Crippen LogP contribution in [0, 0.1) is 0 Å². The number of nitrogens with zero attached hydrogens (tertiary/aromatic N) is 4. The van der Waals surface area contributed by atoms with E-state index in [0.29, 0.717) is 17.4 Å². The molecule has 164 valence electrons. The second-order valence-corrected chi connectivity index (χ2v) is 10.4. The Labute approximate surface area is 193 Å². The van der Waals surface area contributed by atoms with Crippen LogP contribution in [0.3, 0.4) is 0 Å². The molecule has 0 fully saturated rings. The average Bonchev–Trinajstić information content (AvgIpc) is 3.58. The fourth-order valence-electron chi connectivity index (χ4n) is 3.70. The van der Waals surface area contributed by atoms with E-state index in [1.165, 1.54) is 6.26 Å². The maximum Gasteiger partial charge on any atom is 0.251 e. The smallest absolute Gasteiger partial charge is 0.251 e. The summed E-state index contributed by atoms with van der Waals surface area (Å²) in [6.07, 6.45) is 4.71. The lowest BCUT2D eigenvalue weighted by Crippen LogP contribution is -2.03. The number of sulfone groups is 1. The summed E-state index contributed by atoms with van der Waals surface area (Å²) in [4.78, 5) is 9.81. The third-order valence-electron chi connectivity index (χ3n) is 5.38. The Morgan fingerprint density at radius 3 is 2.48 bits per heavy atom. The van der Waals surface area contributed by atoms with E-state index in [2.05, 4.69) is 5.10 Å². The molecular weight excluding hydrogens is 460 g/mol. The Morgan fingerprint density at radius 1 is 0.970 bits per heavy atom. The molecule has 10 heteroatoms. The number of ether oxygens (including phenoxy) is 2. The highest BCUT2D eigenvalue weighted by atomic mass is 32.2. The molecule has 4 heterocycles. The first kappa shape index (κ1) is 19.9. The van der Waals surface area contributed by atoms with E-state index in [4.69, 9.17) is 19.4 Å². The van der Waals surface area contributed by atoms with Gasteiger partial charge in [0.25, 0.3) is 5.95 Å². The molecular formula is C23H16N4O4S2. The number of benzene rings is 2. The molecule has 1 aliphatic rings. The minimum absolute atomic E-state index is 0.181. The van der Waals surface area contributed by atoms with Crippen LogP contribution in [0.5, 0.6) is 11.5 Å². The molecule has 0 spiro atoms. The van der Waals surface area contributed by atoms with Gasteiger partial charge >= 0.3 is 0 Å². The van der Waals surface area contributed by atoms with Gasteiger partial charge in [-0.05, 0) is 35.2 Å². The molecule has 3 aromatic heterocycles. The molecule has 6 rings (SSSR count). The normalized spacial score (nSPS) is 13.0. The third-order valence-corrected chi connectivity index (χ3v) is 7.19. The van der Waals surface area contributed by atoms with E-state index in [1.807, 2.05) is 35.2 Å². The van der Waals surface area contributed by atoms with Crippen molar-refractivity contribution >= 4 is 32.1 Å². The Bertz CT molecular complexity index is 1610. The Balaban J connectivity index is 1.46. The Morgan fingerprint density at radius 2 is 1.76 bits per heavy atom. The van der Waals surface area contributed by atoms with Gasteiger partial charge in [0.2, 0.25) is 6.79 Å². The molecule has 0 N–H and O–H groups in total. The van der Waals surface area contributed by atoms with Crippen LogP contribution in [0.15, 0.2) is 70.5 Å². The Kier molecular flexibility index (Phi) is 4.46. The molecule has 0 radical (unpaired) electrons. The number of fused-ring (bicyclic) bond motifs is 2. The van der Waals surface area contributed by atoms with Crippen molar-refractivity contribution in [2.24, 2.45) is 0 Å². The van der Waals surface area contributed by atoms with Crippen LogP contribution >= 0.6 is 11.3 Å². The highest BCUT2D eigenvalue weighted by Crippen LogP contribution is 2.39. The van der Waals surface area contributed by atoms with Crippen LogP contribution in [0.4, 0.5) is 0 Å². The first-order valence-corrected chi connectivity index (χ1v) is 12.8. The van der Waals surface area contributed by atoms with E-state index >= 15 is 0 Å². The van der Waals surface area contributed by atoms with Gasteiger partial charge in [0.05, 0.1) is 22.3 Å². The maximum atomic E-state index is 11.7.